The van der Waals surface area contributed by atoms with Gasteiger partial charge in [-0.3, -0.25) is 9.59 Å². The van der Waals surface area contributed by atoms with Gasteiger partial charge in [0.05, 0.1) is 0 Å². The monoisotopic (exact) mass is 611 g/mol. The Morgan fingerprint density at radius 3 is 0.683 bits per heavy atom. The van der Waals surface area contributed by atoms with Crippen molar-refractivity contribution < 1.29 is 14.3 Å². The number of esters is 2. The van der Waals surface area contributed by atoms with E-state index in [-0.39, 0.29) is 46.7 Å². The quantitative estimate of drug-likeness (QED) is 0.0329. The fourth-order valence-electron chi connectivity index (χ4n) is 5.51. The highest BCUT2D eigenvalue weighted by atomic mass is 27.0. The maximum atomic E-state index is 11.9. The molecule has 0 amide bonds. The SMILES string of the molecule is CCCCCCCCCCCCCCCCCC(=O)OC(=O)CCCCCCCCCCCCCCCCC.[AlH3].[AlH3]. The van der Waals surface area contributed by atoms with Gasteiger partial charge in [-0.05, 0) is 12.8 Å². The molecule has 0 spiro atoms. The third kappa shape index (κ3) is 40.2. The van der Waals surface area contributed by atoms with Crippen LogP contribution in [0.25, 0.3) is 0 Å². The van der Waals surface area contributed by atoms with Crippen molar-refractivity contribution in [3.63, 3.8) is 0 Å². The summed E-state index contributed by atoms with van der Waals surface area (Å²) in [5.41, 5.74) is 0. The minimum absolute atomic E-state index is 0. The van der Waals surface area contributed by atoms with Crippen LogP contribution in [-0.4, -0.2) is 46.7 Å². The Hall–Kier alpha value is 0.205. The molecule has 41 heavy (non-hydrogen) atoms. The van der Waals surface area contributed by atoms with Crippen LogP contribution in [0.4, 0.5) is 0 Å². The summed E-state index contributed by atoms with van der Waals surface area (Å²) in [5, 5.41) is 0. The lowest BCUT2D eigenvalue weighted by atomic mass is 10.0. The molecule has 0 heterocycles. The average molecular weight is 611 g/mol. The van der Waals surface area contributed by atoms with Crippen LogP contribution < -0.4 is 0 Å². The summed E-state index contributed by atoms with van der Waals surface area (Å²) in [4.78, 5) is 23.8. The zero-order valence-electron chi connectivity index (χ0n) is 26.9. The van der Waals surface area contributed by atoms with E-state index in [9.17, 15) is 9.59 Å². The van der Waals surface area contributed by atoms with Gasteiger partial charge in [0, 0.05) is 12.8 Å². The second kappa shape index (κ2) is 40.2. The highest BCUT2D eigenvalue weighted by molar-refractivity contribution is 5.85. The molecule has 5 heteroatoms. The number of carbonyl (C=O) groups excluding carboxylic acids is 2. The Balaban J connectivity index is -0.00000722. The van der Waals surface area contributed by atoms with E-state index in [1.165, 1.54) is 167 Å². The molecule has 0 saturated heterocycles. The maximum Gasteiger partial charge on any atom is 0.313 e. The summed E-state index contributed by atoms with van der Waals surface area (Å²) in [6.07, 6.45) is 40.1. The van der Waals surface area contributed by atoms with E-state index in [4.69, 9.17) is 4.74 Å². The van der Waals surface area contributed by atoms with Crippen LogP contribution in [0.2, 0.25) is 0 Å². The Morgan fingerprint density at radius 2 is 0.488 bits per heavy atom. The van der Waals surface area contributed by atoms with Gasteiger partial charge in [0.1, 0.15) is 0 Å². The number of hydrogen-bond donors (Lipinski definition) is 0. The van der Waals surface area contributed by atoms with E-state index in [0.29, 0.717) is 12.8 Å². The topological polar surface area (TPSA) is 43.4 Å². The molecule has 0 aliphatic carbocycles. The van der Waals surface area contributed by atoms with E-state index >= 15 is 0 Å². The van der Waals surface area contributed by atoms with E-state index in [1.54, 1.807) is 0 Å². The van der Waals surface area contributed by atoms with Crippen LogP contribution in [0, 0.1) is 0 Å². The van der Waals surface area contributed by atoms with Crippen LogP contribution in [-0.2, 0) is 14.3 Å². The first-order valence-corrected chi connectivity index (χ1v) is 17.9. The van der Waals surface area contributed by atoms with Gasteiger partial charge in [-0.25, -0.2) is 0 Å². The van der Waals surface area contributed by atoms with Crippen LogP contribution in [0.15, 0.2) is 0 Å². The number of carbonyl (C=O) groups is 2. The third-order valence-electron chi connectivity index (χ3n) is 8.20. The van der Waals surface area contributed by atoms with Gasteiger partial charge in [0.25, 0.3) is 0 Å². The summed E-state index contributed by atoms with van der Waals surface area (Å²) < 4.78 is 5.01. The van der Waals surface area contributed by atoms with Crippen molar-refractivity contribution in [2.24, 2.45) is 0 Å². The minimum atomic E-state index is -0.323. The predicted octanol–water partition coefficient (Wildman–Crippen LogP) is 10.2. The second-order valence-corrected chi connectivity index (χ2v) is 12.2. The number of ether oxygens (including phenoxy) is 1. The molecular weight excluding hydrogens is 534 g/mol. The highest BCUT2D eigenvalue weighted by Crippen LogP contribution is 2.15. The maximum absolute atomic E-state index is 11.9. The van der Waals surface area contributed by atoms with Gasteiger partial charge >= 0.3 is 11.9 Å². The van der Waals surface area contributed by atoms with E-state index in [0.717, 1.165) is 25.7 Å². The van der Waals surface area contributed by atoms with Gasteiger partial charge in [0.2, 0.25) is 0 Å². The molecule has 0 aromatic carbocycles. The fourth-order valence-corrected chi connectivity index (χ4v) is 5.51. The molecule has 0 fully saturated rings. The molecule has 0 saturated carbocycles. The summed E-state index contributed by atoms with van der Waals surface area (Å²) in [5.74, 6) is -0.647. The standard InChI is InChI=1S/C36H70O3.2Al.6H/c1-3-5-7-9-11-13-15-17-19-21-23-25-27-29-31-33-35(37)39-36(38)34-32-30-28-26-24-22-20-18-16-14-12-10-8-6-4-2;;;;;;;;/h3-34H2,1-2H3;;;;;;;;. The third-order valence-corrected chi connectivity index (χ3v) is 8.20. The van der Waals surface area contributed by atoms with Crippen LogP contribution >= 0.6 is 0 Å². The number of hydrogen-bond acceptors (Lipinski definition) is 3. The lowest BCUT2D eigenvalue weighted by molar-refractivity contribution is -0.159. The molecule has 0 aliphatic rings. The van der Waals surface area contributed by atoms with Crippen molar-refractivity contribution in [1.82, 2.24) is 0 Å². The normalized spacial score (nSPS) is 10.7. The lowest BCUT2D eigenvalue weighted by Gasteiger charge is -2.05. The zero-order chi connectivity index (χ0) is 28.5. The van der Waals surface area contributed by atoms with Crippen LogP contribution in [0.3, 0.4) is 0 Å². The summed E-state index contributed by atoms with van der Waals surface area (Å²) in [6.45, 7) is 4.55. The Bertz CT molecular complexity index is 469. The van der Waals surface area contributed by atoms with Gasteiger partial charge in [-0.2, -0.15) is 0 Å². The van der Waals surface area contributed by atoms with Crippen molar-refractivity contribution in [2.75, 3.05) is 0 Å². The molecule has 0 unspecified atom stereocenters. The summed E-state index contributed by atoms with van der Waals surface area (Å²) in [6, 6.07) is 0. The lowest BCUT2D eigenvalue weighted by Crippen LogP contribution is -2.11. The minimum Gasteiger partial charge on any atom is -0.393 e. The smallest absolute Gasteiger partial charge is 0.313 e. The molecule has 0 aromatic heterocycles. The van der Waals surface area contributed by atoms with Crippen molar-refractivity contribution in [2.45, 2.75) is 219 Å². The molecule has 3 nitrogen and oxygen atoms in total. The Labute approximate surface area is 279 Å². The fraction of sp³-hybridized carbons (Fsp3) is 0.944. The van der Waals surface area contributed by atoms with Gasteiger partial charge < -0.3 is 4.74 Å². The first kappa shape index (κ1) is 45.6. The Morgan fingerprint density at radius 1 is 0.317 bits per heavy atom. The van der Waals surface area contributed by atoms with E-state index < -0.39 is 0 Å². The number of rotatable bonds is 32. The molecule has 0 rings (SSSR count). The molecule has 0 aliphatic heterocycles. The Kier molecular flexibility index (Phi) is 44.7. The van der Waals surface area contributed by atoms with Gasteiger partial charge in [-0.1, -0.05) is 194 Å². The molecule has 0 aromatic rings. The summed E-state index contributed by atoms with van der Waals surface area (Å²) in [7, 11) is 0. The molecule has 0 N–H and O–H groups in total. The van der Waals surface area contributed by atoms with Crippen molar-refractivity contribution in [1.29, 1.82) is 0 Å². The van der Waals surface area contributed by atoms with Crippen molar-refractivity contribution in [3.05, 3.63) is 0 Å². The molecule has 0 bridgehead atoms. The highest BCUT2D eigenvalue weighted by Gasteiger charge is 2.10. The van der Waals surface area contributed by atoms with E-state index in [2.05, 4.69) is 13.8 Å². The van der Waals surface area contributed by atoms with Crippen LogP contribution in [0.5, 0.6) is 0 Å². The second-order valence-electron chi connectivity index (χ2n) is 12.2. The van der Waals surface area contributed by atoms with Crippen molar-refractivity contribution >= 4 is 46.7 Å². The first-order chi connectivity index (χ1) is 19.2. The molecule has 0 radical (unpaired) electrons. The van der Waals surface area contributed by atoms with Crippen molar-refractivity contribution in [3.8, 4) is 0 Å². The number of unbranched alkanes of at least 4 members (excludes halogenated alkanes) is 28. The predicted molar refractivity (Wildman–Crippen MR) is 190 cm³/mol. The first-order valence-electron chi connectivity index (χ1n) is 17.9. The molecular formula is C36H76Al2O3. The largest absolute Gasteiger partial charge is 0.393 e. The van der Waals surface area contributed by atoms with Gasteiger partial charge in [-0.15, -0.1) is 0 Å². The van der Waals surface area contributed by atoms with Gasteiger partial charge in [0.15, 0.2) is 34.7 Å². The molecule has 0 atom stereocenters. The van der Waals surface area contributed by atoms with Crippen LogP contribution in [0.1, 0.15) is 219 Å². The summed E-state index contributed by atoms with van der Waals surface area (Å²) >= 11 is 0. The zero-order valence-corrected chi connectivity index (χ0v) is 26.9. The average Bonchev–Trinajstić information content (AvgIpc) is 2.93. The van der Waals surface area contributed by atoms with E-state index in [1.807, 2.05) is 0 Å². The molecule has 244 valence electrons.